The molecule has 7 nitrogen and oxygen atoms in total. The van der Waals surface area contributed by atoms with Gasteiger partial charge in [0.1, 0.15) is 17.1 Å². The van der Waals surface area contributed by atoms with Crippen molar-refractivity contribution in [3.05, 3.63) is 35.1 Å². The molecule has 0 bridgehead atoms. The van der Waals surface area contributed by atoms with Crippen molar-refractivity contribution >= 4 is 21.9 Å². The van der Waals surface area contributed by atoms with Crippen LogP contribution in [0.4, 0.5) is 4.39 Å². The van der Waals surface area contributed by atoms with Crippen LogP contribution in [0.15, 0.2) is 18.2 Å². The second kappa shape index (κ2) is 6.01. The molecule has 9 heteroatoms. The highest BCUT2D eigenvalue weighted by Gasteiger charge is 2.39. The largest absolute Gasteiger partial charge is 0.468 e. The molecule has 1 fully saturated rings. The number of hydrogen-bond acceptors (Lipinski definition) is 6. The molecule has 0 spiro atoms. The minimum atomic E-state index is -3.90. The average molecular weight is 330 g/mol. The molecule has 0 radical (unpaired) electrons. The summed E-state index contributed by atoms with van der Waals surface area (Å²) in [7, 11) is -2.71. The summed E-state index contributed by atoms with van der Waals surface area (Å²) in [6, 6.07) is 2.93. The van der Waals surface area contributed by atoms with Crippen LogP contribution in [0.2, 0.25) is 0 Å². The second-order valence-electron chi connectivity index (χ2n) is 4.95. The minimum absolute atomic E-state index is 0.0540. The van der Waals surface area contributed by atoms with Crippen LogP contribution >= 0.6 is 0 Å². The van der Waals surface area contributed by atoms with Crippen molar-refractivity contribution in [2.75, 3.05) is 7.11 Å². The maximum absolute atomic E-state index is 14.1. The highest BCUT2D eigenvalue weighted by molar-refractivity contribution is 7.90. The van der Waals surface area contributed by atoms with E-state index in [1.54, 1.807) is 0 Å². The number of rotatable bonds is 4. The summed E-state index contributed by atoms with van der Waals surface area (Å²) < 4.78 is 43.9. The Morgan fingerprint density at radius 1 is 1.55 bits per heavy atom. The zero-order chi connectivity index (χ0) is 16.5. The zero-order valence-corrected chi connectivity index (χ0v) is 12.5. The molecule has 2 rings (SSSR count). The number of esters is 1. The van der Waals surface area contributed by atoms with Gasteiger partial charge >= 0.3 is 5.97 Å². The molecule has 0 aromatic heterocycles. The number of hydrogen-bond donors (Lipinski definition) is 2. The van der Waals surface area contributed by atoms with Crippen LogP contribution < -0.4 is 10.5 Å². The second-order valence-corrected chi connectivity index (χ2v) is 6.82. The number of benzene rings is 1. The molecule has 1 unspecified atom stereocenters. The van der Waals surface area contributed by atoms with E-state index in [9.17, 15) is 22.4 Å². The number of carbonyl (C=O) groups excluding carboxylic acids is 2. The number of nitrogens with one attached hydrogen (secondary N) is 1. The maximum Gasteiger partial charge on any atom is 0.322 e. The van der Waals surface area contributed by atoms with Gasteiger partial charge in [0.15, 0.2) is 0 Å². The fraction of sp³-hybridized carbons (Fsp3) is 0.385. The molecule has 22 heavy (non-hydrogen) atoms. The number of ether oxygens (including phenoxy) is 1. The van der Waals surface area contributed by atoms with Crippen LogP contribution in [-0.2, 0) is 30.8 Å². The average Bonchev–Trinajstić information content (AvgIpc) is 2.70. The fourth-order valence-electron chi connectivity index (χ4n) is 2.27. The molecule has 3 N–H and O–H groups in total. The number of amides is 1. The molecule has 1 saturated heterocycles. The maximum atomic E-state index is 14.1. The van der Waals surface area contributed by atoms with Gasteiger partial charge in [-0.1, -0.05) is 12.1 Å². The summed E-state index contributed by atoms with van der Waals surface area (Å²) in [5, 5.41) is -1.25. The van der Waals surface area contributed by atoms with Gasteiger partial charge in [-0.05, 0) is 18.1 Å². The monoisotopic (exact) mass is 330 g/mol. The lowest BCUT2D eigenvalue weighted by Gasteiger charge is -2.12. The lowest BCUT2D eigenvalue weighted by atomic mass is 10.0. The summed E-state index contributed by atoms with van der Waals surface area (Å²) in [5.74, 6) is -2.06. The Morgan fingerprint density at radius 2 is 2.23 bits per heavy atom. The molecule has 2 atom stereocenters. The Balaban J connectivity index is 2.24. The van der Waals surface area contributed by atoms with Gasteiger partial charge in [-0.3, -0.25) is 14.3 Å². The first-order valence-corrected chi connectivity index (χ1v) is 7.95. The highest BCUT2D eigenvalue weighted by atomic mass is 32.2. The molecule has 1 heterocycles. The SMILES string of the molecule is COC(=O)[C@@H](N)Cc1ccc(C2CC(=O)NS2(=O)=O)c(F)c1. The lowest BCUT2D eigenvalue weighted by Crippen LogP contribution is -2.33. The third-order valence-corrected chi connectivity index (χ3v) is 5.05. The number of methoxy groups -OCH3 is 1. The van der Waals surface area contributed by atoms with Crippen molar-refractivity contribution in [2.24, 2.45) is 5.73 Å². The van der Waals surface area contributed by atoms with E-state index in [0.29, 0.717) is 5.56 Å². The van der Waals surface area contributed by atoms with Gasteiger partial charge in [0.05, 0.1) is 13.5 Å². The van der Waals surface area contributed by atoms with E-state index >= 15 is 0 Å². The van der Waals surface area contributed by atoms with Crippen LogP contribution in [0.1, 0.15) is 22.8 Å². The highest BCUT2D eigenvalue weighted by Crippen LogP contribution is 2.32. The molecule has 0 saturated carbocycles. The molecule has 1 amide bonds. The Kier molecular flexibility index (Phi) is 4.47. The van der Waals surface area contributed by atoms with E-state index in [-0.39, 0.29) is 18.4 Å². The third kappa shape index (κ3) is 3.25. The van der Waals surface area contributed by atoms with E-state index < -0.39 is 39.0 Å². The van der Waals surface area contributed by atoms with Crippen LogP contribution in [0.5, 0.6) is 0 Å². The standard InChI is InChI=1S/C13H15FN2O5S/c1-21-13(18)10(15)5-7-2-3-8(9(14)4-7)11-6-12(17)16-22(11,19)20/h2-4,10-11H,5-6,15H2,1H3,(H,16,17)/t10-,11?/m0/s1. The molecule has 1 aromatic rings. The molecule has 1 aliphatic heterocycles. The molecule has 120 valence electrons. The van der Waals surface area contributed by atoms with Crippen molar-refractivity contribution < 1.29 is 27.1 Å². The minimum Gasteiger partial charge on any atom is -0.468 e. The predicted octanol–water partition coefficient (Wildman–Crippen LogP) is -0.241. The molecular formula is C13H15FN2O5S. The van der Waals surface area contributed by atoms with E-state index in [2.05, 4.69) is 4.74 Å². The Bertz CT molecular complexity index is 719. The summed E-state index contributed by atoms with van der Waals surface area (Å²) >= 11 is 0. The van der Waals surface area contributed by atoms with Crippen LogP contribution in [0.3, 0.4) is 0 Å². The van der Waals surface area contributed by atoms with Gasteiger partial charge in [-0.15, -0.1) is 0 Å². The molecule has 1 aromatic carbocycles. The van der Waals surface area contributed by atoms with E-state index in [4.69, 9.17) is 5.73 Å². The normalized spacial score (nSPS) is 21.2. The topological polar surface area (TPSA) is 116 Å². The number of nitrogens with two attached hydrogens (primary N) is 1. The Morgan fingerprint density at radius 3 is 2.73 bits per heavy atom. The van der Waals surface area contributed by atoms with Gasteiger partial charge in [0.2, 0.25) is 15.9 Å². The van der Waals surface area contributed by atoms with E-state index in [1.807, 2.05) is 4.72 Å². The van der Waals surface area contributed by atoms with Crippen molar-refractivity contribution in [3.8, 4) is 0 Å². The Labute approximate surface area is 126 Å². The van der Waals surface area contributed by atoms with Crippen molar-refractivity contribution in [1.29, 1.82) is 0 Å². The predicted molar refractivity (Wildman–Crippen MR) is 74.5 cm³/mol. The van der Waals surface area contributed by atoms with E-state index in [0.717, 1.165) is 6.07 Å². The molecule has 1 aliphatic rings. The summed E-state index contributed by atoms with van der Waals surface area (Å²) in [5.41, 5.74) is 5.92. The number of halogens is 1. The zero-order valence-electron chi connectivity index (χ0n) is 11.7. The van der Waals surface area contributed by atoms with Crippen molar-refractivity contribution in [3.63, 3.8) is 0 Å². The summed E-state index contributed by atoms with van der Waals surface area (Å²) in [6.07, 6.45) is -0.265. The van der Waals surface area contributed by atoms with Gasteiger partial charge in [-0.2, -0.15) is 0 Å². The van der Waals surface area contributed by atoms with E-state index in [1.165, 1.54) is 19.2 Å². The molecule has 0 aliphatic carbocycles. The first-order valence-electron chi connectivity index (χ1n) is 6.41. The van der Waals surface area contributed by atoms with Gasteiger partial charge in [-0.25, -0.2) is 12.8 Å². The number of carbonyl (C=O) groups is 2. The molecular weight excluding hydrogens is 315 g/mol. The fourth-order valence-corrected chi connectivity index (χ4v) is 3.71. The third-order valence-electron chi connectivity index (χ3n) is 3.37. The van der Waals surface area contributed by atoms with Crippen LogP contribution in [-0.4, -0.2) is 33.4 Å². The van der Waals surface area contributed by atoms with Gasteiger partial charge in [0.25, 0.3) is 0 Å². The quantitative estimate of drug-likeness (QED) is 0.736. The smallest absolute Gasteiger partial charge is 0.322 e. The van der Waals surface area contributed by atoms with Crippen molar-refractivity contribution in [1.82, 2.24) is 4.72 Å². The first kappa shape index (κ1) is 16.4. The lowest BCUT2D eigenvalue weighted by molar-refractivity contribution is -0.142. The van der Waals surface area contributed by atoms with Crippen molar-refractivity contribution in [2.45, 2.75) is 24.1 Å². The van der Waals surface area contributed by atoms with Gasteiger partial charge in [0, 0.05) is 5.56 Å². The summed E-state index contributed by atoms with van der Waals surface area (Å²) in [4.78, 5) is 22.4. The van der Waals surface area contributed by atoms with Gasteiger partial charge < -0.3 is 10.5 Å². The Hall–Kier alpha value is -2.00. The summed E-state index contributed by atoms with van der Waals surface area (Å²) in [6.45, 7) is 0. The van der Waals surface area contributed by atoms with Crippen LogP contribution in [0, 0.1) is 5.82 Å². The first-order chi connectivity index (χ1) is 10.2. The van der Waals surface area contributed by atoms with Crippen LogP contribution in [0.25, 0.3) is 0 Å². The number of sulfonamides is 1.